The SMILES string of the molecule is Cc1nc(-c2cccc(C(=O)N3CCC(N(C)C)C3)c2)c(Cl)c(=O)[nH]1. The Kier molecular flexibility index (Phi) is 4.92. The summed E-state index contributed by atoms with van der Waals surface area (Å²) in [6.07, 6.45) is 0.971. The molecule has 1 aromatic carbocycles. The van der Waals surface area contributed by atoms with Gasteiger partial charge in [-0.25, -0.2) is 4.98 Å². The van der Waals surface area contributed by atoms with Crippen LogP contribution in [0.1, 0.15) is 22.6 Å². The predicted molar refractivity (Wildman–Crippen MR) is 98.0 cm³/mol. The smallest absolute Gasteiger partial charge is 0.270 e. The van der Waals surface area contributed by atoms with Crippen LogP contribution in [0.2, 0.25) is 5.02 Å². The van der Waals surface area contributed by atoms with Gasteiger partial charge in [-0.05, 0) is 39.6 Å². The van der Waals surface area contributed by atoms with E-state index in [9.17, 15) is 9.59 Å². The maximum Gasteiger partial charge on any atom is 0.270 e. The van der Waals surface area contributed by atoms with Crippen LogP contribution >= 0.6 is 11.6 Å². The molecule has 1 unspecified atom stereocenters. The summed E-state index contributed by atoms with van der Waals surface area (Å²) in [4.78, 5) is 35.6. The van der Waals surface area contributed by atoms with Gasteiger partial charge in [0.2, 0.25) is 0 Å². The highest BCUT2D eigenvalue weighted by Gasteiger charge is 2.28. The van der Waals surface area contributed by atoms with Crippen LogP contribution in [0.5, 0.6) is 0 Å². The first-order chi connectivity index (χ1) is 11.9. The normalized spacial score (nSPS) is 17.3. The molecule has 25 heavy (non-hydrogen) atoms. The number of nitrogens with one attached hydrogen (secondary N) is 1. The molecule has 1 aliphatic heterocycles. The summed E-state index contributed by atoms with van der Waals surface area (Å²) in [5.41, 5.74) is 1.25. The summed E-state index contributed by atoms with van der Waals surface area (Å²) in [6, 6.07) is 7.51. The molecule has 3 rings (SSSR count). The quantitative estimate of drug-likeness (QED) is 0.910. The van der Waals surface area contributed by atoms with Gasteiger partial charge in [-0.2, -0.15) is 0 Å². The molecule has 0 bridgehead atoms. The second-order valence-corrected chi connectivity index (χ2v) is 6.93. The van der Waals surface area contributed by atoms with Gasteiger partial charge in [-0.1, -0.05) is 23.7 Å². The highest BCUT2D eigenvalue weighted by Crippen LogP contribution is 2.25. The number of nitrogens with zero attached hydrogens (tertiary/aromatic N) is 3. The van der Waals surface area contributed by atoms with Crippen molar-refractivity contribution in [2.75, 3.05) is 27.2 Å². The van der Waals surface area contributed by atoms with E-state index in [0.29, 0.717) is 28.7 Å². The monoisotopic (exact) mass is 360 g/mol. The average Bonchev–Trinajstić information content (AvgIpc) is 3.08. The van der Waals surface area contributed by atoms with Crippen molar-refractivity contribution >= 4 is 17.5 Å². The van der Waals surface area contributed by atoms with Gasteiger partial charge in [-0.15, -0.1) is 0 Å². The lowest BCUT2D eigenvalue weighted by molar-refractivity contribution is 0.0783. The van der Waals surface area contributed by atoms with Gasteiger partial charge in [0, 0.05) is 30.3 Å². The van der Waals surface area contributed by atoms with Crippen LogP contribution in [0.25, 0.3) is 11.3 Å². The van der Waals surface area contributed by atoms with Crippen LogP contribution in [0.15, 0.2) is 29.1 Å². The zero-order valence-corrected chi connectivity index (χ0v) is 15.3. The molecular formula is C18H21ClN4O2. The number of likely N-dealkylation sites (N-methyl/N-ethyl adjacent to an activating group) is 1. The number of likely N-dealkylation sites (tertiary alicyclic amines) is 1. The van der Waals surface area contributed by atoms with E-state index >= 15 is 0 Å². The van der Waals surface area contributed by atoms with E-state index in [2.05, 4.69) is 14.9 Å². The summed E-state index contributed by atoms with van der Waals surface area (Å²) < 4.78 is 0. The van der Waals surface area contributed by atoms with Gasteiger partial charge >= 0.3 is 0 Å². The fourth-order valence-corrected chi connectivity index (χ4v) is 3.29. The minimum Gasteiger partial charge on any atom is -0.337 e. The lowest BCUT2D eigenvalue weighted by Gasteiger charge is -2.20. The summed E-state index contributed by atoms with van der Waals surface area (Å²) in [5.74, 6) is 0.471. The molecule has 1 aliphatic rings. The Labute approximate surface area is 151 Å². The fourth-order valence-electron chi connectivity index (χ4n) is 3.09. The van der Waals surface area contributed by atoms with Crippen LogP contribution in [0.4, 0.5) is 0 Å². The van der Waals surface area contributed by atoms with E-state index in [4.69, 9.17) is 11.6 Å². The molecule has 2 heterocycles. The topological polar surface area (TPSA) is 69.3 Å². The Bertz CT molecular complexity index is 862. The van der Waals surface area contributed by atoms with Gasteiger partial charge in [0.05, 0.1) is 5.69 Å². The van der Waals surface area contributed by atoms with Crippen molar-refractivity contribution in [3.8, 4) is 11.3 Å². The Morgan fingerprint density at radius 2 is 2.16 bits per heavy atom. The van der Waals surface area contributed by atoms with E-state index in [0.717, 1.165) is 19.5 Å². The Hall–Kier alpha value is -2.18. The van der Waals surface area contributed by atoms with Gasteiger partial charge in [-0.3, -0.25) is 9.59 Å². The third-order valence-corrected chi connectivity index (χ3v) is 4.90. The van der Waals surface area contributed by atoms with Crippen LogP contribution in [-0.2, 0) is 0 Å². The molecule has 1 amide bonds. The predicted octanol–water partition coefficient (Wildman–Crippen LogP) is 2.17. The van der Waals surface area contributed by atoms with Gasteiger partial charge in [0.25, 0.3) is 11.5 Å². The number of aromatic nitrogens is 2. The van der Waals surface area contributed by atoms with Crippen LogP contribution in [0.3, 0.4) is 0 Å². The number of carbonyl (C=O) groups is 1. The van der Waals surface area contributed by atoms with Crippen molar-refractivity contribution in [1.29, 1.82) is 0 Å². The minimum absolute atomic E-state index is 0.0103. The largest absolute Gasteiger partial charge is 0.337 e. The third-order valence-electron chi connectivity index (χ3n) is 4.55. The van der Waals surface area contributed by atoms with E-state index in [1.165, 1.54) is 0 Å². The van der Waals surface area contributed by atoms with Gasteiger partial charge < -0.3 is 14.8 Å². The average molecular weight is 361 g/mol. The number of hydrogen-bond donors (Lipinski definition) is 1. The number of rotatable bonds is 3. The summed E-state index contributed by atoms with van der Waals surface area (Å²) in [5, 5.41) is 0.0315. The van der Waals surface area contributed by atoms with Crippen LogP contribution in [-0.4, -0.2) is 58.9 Å². The summed E-state index contributed by atoms with van der Waals surface area (Å²) >= 11 is 6.11. The summed E-state index contributed by atoms with van der Waals surface area (Å²) in [7, 11) is 4.06. The van der Waals surface area contributed by atoms with Crippen molar-refractivity contribution in [1.82, 2.24) is 19.8 Å². The molecule has 1 saturated heterocycles. The highest BCUT2D eigenvalue weighted by atomic mass is 35.5. The van der Waals surface area contributed by atoms with Crippen molar-refractivity contribution in [3.05, 3.63) is 51.0 Å². The summed E-state index contributed by atoms with van der Waals surface area (Å²) in [6.45, 7) is 3.16. The van der Waals surface area contributed by atoms with E-state index < -0.39 is 0 Å². The number of aryl methyl sites for hydroxylation is 1. The lowest BCUT2D eigenvalue weighted by atomic mass is 10.1. The van der Waals surface area contributed by atoms with Crippen LogP contribution in [0, 0.1) is 6.92 Å². The fraction of sp³-hybridized carbons (Fsp3) is 0.389. The molecule has 0 spiro atoms. The first kappa shape index (κ1) is 17.6. The molecule has 7 heteroatoms. The molecule has 0 saturated carbocycles. The zero-order valence-electron chi connectivity index (χ0n) is 14.5. The lowest BCUT2D eigenvalue weighted by Crippen LogP contribution is -2.34. The second-order valence-electron chi connectivity index (χ2n) is 6.55. The number of carbonyl (C=O) groups excluding carboxylic acids is 1. The second kappa shape index (κ2) is 6.98. The molecule has 1 N–H and O–H groups in total. The van der Waals surface area contributed by atoms with E-state index in [-0.39, 0.29) is 16.5 Å². The van der Waals surface area contributed by atoms with E-state index in [1.54, 1.807) is 31.2 Å². The van der Waals surface area contributed by atoms with Crippen molar-refractivity contribution in [3.63, 3.8) is 0 Å². The molecule has 6 nitrogen and oxygen atoms in total. The molecule has 1 atom stereocenters. The van der Waals surface area contributed by atoms with Crippen molar-refractivity contribution in [2.45, 2.75) is 19.4 Å². The number of H-pyrrole nitrogens is 1. The van der Waals surface area contributed by atoms with Gasteiger partial charge in [0.15, 0.2) is 0 Å². The standard InChI is InChI=1S/C18H21ClN4O2/c1-11-20-16(15(19)17(24)21-11)12-5-4-6-13(9-12)18(25)23-8-7-14(10-23)22(2)3/h4-6,9,14H,7-8,10H2,1-3H3,(H,20,21,24). The van der Waals surface area contributed by atoms with Crippen molar-refractivity contribution in [2.24, 2.45) is 0 Å². The molecule has 0 aliphatic carbocycles. The first-order valence-electron chi connectivity index (χ1n) is 8.19. The number of hydrogen-bond acceptors (Lipinski definition) is 4. The van der Waals surface area contributed by atoms with E-state index in [1.807, 2.05) is 19.0 Å². The molecule has 2 aromatic rings. The minimum atomic E-state index is -0.380. The Balaban J connectivity index is 1.90. The maximum absolute atomic E-state index is 12.8. The molecular weight excluding hydrogens is 340 g/mol. The Morgan fingerprint density at radius 3 is 2.84 bits per heavy atom. The Morgan fingerprint density at radius 1 is 1.40 bits per heavy atom. The zero-order chi connectivity index (χ0) is 18.1. The molecule has 1 fully saturated rings. The highest BCUT2D eigenvalue weighted by molar-refractivity contribution is 6.32. The number of halogens is 1. The number of amides is 1. The third kappa shape index (κ3) is 3.60. The van der Waals surface area contributed by atoms with Crippen molar-refractivity contribution < 1.29 is 4.79 Å². The number of benzene rings is 1. The molecule has 0 radical (unpaired) electrons. The van der Waals surface area contributed by atoms with Crippen LogP contribution < -0.4 is 5.56 Å². The number of aromatic amines is 1. The maximum atomic E-state index is 12.8. The first-order valence-corrected chi connectivity index (χ1v) is 8.57. The molecule has 132 valence electrons. The van der Waals surface area contributed by atoms with Gasteiger partial charge in [0.1, 0.15) is 10.8 Å². The molecule has 1 aromatic heterocycles.